The maximum atomic E-state index is 12.5. The molecule has 100 heavy (non-hydrogen) atoms. The van der Waals surface area contributed by atoms with Crippen molar-refractivity contribution < 1.29 is 44.8 Å². The second-order valence-corrected chi connectivity index (χ2v) is 28.6. The molecule has 15 rings (SSSR count). The number of aromatic nitrogens is 3. The molecule has 3 aromatic heterocycles. The molecular formula is C79H72BrClN10O9. The van der Waals surface area contributed by atoms with E-state index in [1.165, 1.54) is 18.6 Å². The van der Waals surface area contributed by atoms with Crippen molar-refractivity contribution in [2.45, 2.75) is 69.7 Å². The average molecular weight is 1420 g/mol. The van der Waals surface area contributed by atoms with E-state index in [-0.39, 0.29) is 46.1 Å². The van der Waals surface area contributed by atoms with Crippen LogP contribution < -0.4 is 14.2 Å². The number of nitriles is 2. The highest BCUT2D eigenvalue weighted by Gasteiger charge is 2.79. The molecule has 0 spiro atoms. The normalized spacial score (nSPS) is 29.6. The van der Waals surface area contributed by atoms with Gasteiger partial charge in [0.05, 0.1) is 59.7 Å². The van der Waals surface area contributed by atoms with E-state index in [0.29, 0.717) is 58.4 Å². The second-order valence-electron chi connectivity index (χ2n) is 27.3. The molecule has 3 aliphatic carbocycles. The first kappa shape index (κ1) is 69.0. The number of aliphatic hydroxyl groups is 6. The summed E-state index contributed by atoms with van der Waals surface area (Å²) in [6.45, 7) is 16.3. The highest BCUT2D eigenvalue weighted by Crippen LogP contribution is 2.71. The average Bonchev–Trinajstić information content (AvgIpc) is 1.52. The van der Waals surface area contributed by atoms with Crippen LogP contribution >= 0.6 is 27.5 Å². The van der Waals surface area contributed by atoms with Crippen molar-refractivity contribution in [1.29, 1.82) is 10.5 Å². The number of rotatable bonds is 12. The summed E-state index contributed by atoms with van der Waals surface area (Å²) >= 11 is 9.73. The Balaban J connectivity index is 0.000000134. The van der Waals surface area contributed by atoms with E-state index >= 15 is 0 Å². The Hall–Kier alpha value is -9.46. The number of nitrogens with zero attached hydrogens (tertiary/aromatic N) is 10. The first-order chi connectivity index (χ1) is 48.0. The number of halogens is 2. The van der Waals surface area contributed by atoms with Gasteiger partial charge in [0.25, 0.3) is 0 Å². The number of hydrogen-bond donors (Lipinski definition) is 6. The van der Waals surface area contributed by atoms with Gasteiger partial charge in [-0.1, -0.05) is 155 Å². The van der Waals surface area contributed by atoms with Crippen LogP contribution in [0.15, 0.2) is 205 Å². The van der Waals surface area contributed by atoms with Crippen molar-refractivity contribution in [2.24, 2.45) is 17.8 Å². The maximum Gasteiger partial charge on any atom is 0.208 e. The summed E-state index contributed by atoms with van der Waals surface area (Å²) in [5.41, 5.74) is -2.51. The van der Waals surface area contributed by atoms with Gasteiger partial charge in [-0.15, -0.1) is 0 Å². The van der Waals surface area contributed by atoms with Gasteiger partial charge in [-0.05, 0) is 124 Å². The van der Waals surface area contributed by atoms with Crippen molar-refractivity contribution in [3.05, 3.63) is 295 Å². The van der Waals surface area contributed by atoms with Crippen LogP contribution in [0, 0.1) is 53.6 Å². The summed E-state index contributed by atoms with van der Waals surface area (Å²) in [7, 11) is 11.6. The Morgan fingerprint density at radius 1 is 0.460 bits per heavy atom. The topological polar surface area (TPSA) is 254 Å². The third kappa shape index (κ3) is 10.6. The minimum Gasteiger partial charge on any atom is -0.478 e. The standard InChI is InChI=1S/2C27H24N4O3.C25H24BrClN2O3/c2*1-29-20-13-22-24(30-15-20)26(33)25(32)21(16-31(2)3)23(18-7-5-4-6-8-18)27(26,34-22)19-11-9-17(14-28)10-12-19;1-29(2)14-19-21(15-6-4-3-5-7-15)25(16-8-10-17(26)11-9-16)24(31,23(19)30)22-20(32-25)12-18(27)13-28-22/h2*4-13,15,21,23,25,32-33H,16H2,2-3H3;3-13,19,21,23,30-31H,14H2,1-2H3/t2*21-,23-,25-,26+,27+;19-,21-,23-,24+,25+/m111/s1. The minimum atomic E-state index is -1.88. The fourth-order valence-corrected chi connectivity index (χ4v) is 17.5. The maximum absolute atomic E-state index is 12.5. The van der Waals surface area contributed by atoms with Gasteiger partial charge in [-0.2, -0.15) is 10.5 Å². The summed E-state index contributed by atoms with van der Waals surface area (Å²) < 4.78 is 20.9. The number of pyridine rings is 3. The molecule has 3 saturated carbocycles. The van der Waals surface area contributed by atoms with Crippen LogP contribution in [-0.2, 0) is 33.6 Å². The second kappa shape index (κ2) is 26.6. The van der Waals surface area contributed by atoms with Gasteiger partial charge >= 0.3 is 0 Å². The lowest BCUT2D eigenvalue weighted by Crippen LogP contribution is -2.52. The van der Waals surface area contributed by atoms with E-state index in [9.17, 15) is 41.2 Å². The van der Waals surface area contributed by atoms with E-state index in [1.807, 2.05) is 172 Å². The predicted octanol–water partition coefficient (Wildman–Crippen LogP) is 10.9. The van der Waals surface area contributed by atoms with Gasteiger partial charge in [0.2, 0.25) is 11.4 Å². The SMILES string of the molecule is CN(C)C[C@H]1[C@@H](O)[C@@]2(O)c3ncc(Cl)cc3O[C@@]2(c2ccc(Br)cc2)[C@@H]1c1ccccc1.[C-]#[N+]c1cnc2c(c1)O[C@@]1(c3ccc(C#N)cc3)[C@H](c3ccccc3)[C@@H](CN(C)C)[C@@H](O)[C@@]21O.[C-]#[N+]c1cnc2c(c1)O[C@@]1(c3ccc(C#N)cc3)[C@H](c3ccccc3)[C@@H](CN(C)C)[C@@H](O)[C@@]21O. The van der Waals surface area contributed by atoms with Crippen LogP contribution in [0.25, 0.3) is 9.69 Å². The Bertz CT molecular complexity index is 4510. The highest BCUT2D eigenvalue weighted by molar-refractivity contribution is 9.10. The highest BCUT2D eigenvalue weighted by atomic mass is 79.9. The van der Waals surface area contributed by atoms with Crippen LogP contribution in [0.4, 0.5) is 11.4 Å². The molecule has 19 nitrogen and oxygen atoms in total. The predicted molar refractivity (Wildman–Crippen MR) is 377 cm³/mol. The van der Waals surface area contributed by atoms with E-state index in [0.717, 1.165) is 26.7 Å². The molecule has 0 saturated heterocycles. The van der Waals surface area contributed by atoms with Gasteiger partial charge in [0.15, 0.2) is 33.6 Å². The van der Waals surface area contributed by atoms with Crippen LogP contribution in [0.1, 0.15) is 79.3 Å². The first-order valence-electron chi connectivity index (χ1n) is 32.6. The number of benzene rings is 6. The fraction of sp³-hybridized carbons (Fsp3) is 0.304. The summed E-state index contributed by atoms with van der Waals surface area (Å²) in [5, 5.41) is 91.8. The number of hydrogen-bond acceptors (Lipinski definition) is 17. The number of aliphatic hydroxyl groups excluding tert-OH is 3. The third-order valence-electron chi connectivity index (χ3n) is 20.8. The van der Waals surface area contributed by atoms with E-state index in [4.69, 9.17) is 39.0 Å². The molecule has 6 aromatic carbocycles. The summed E-state index contributed by atoms with van der Waals surface area (Å²) in [6, 6.07) is 60.0. The molecule has 15 atom stereocenters. The largest absolute Gasteiger partial charge is 0.478 e. The Labute approximate surface area is 593 Å². The zero-order valence-corrected chi connectivity index (χ0v) is 57.8. The molecule has 6 heterocycles. The number of fused-ring (bicyclic) bond motifs is 9. The van der Waals surface area contributed by atoms with Crippen molar-refractivity contribution in [3.63, 3.8) is 0 Å². The third-order valence-corrected chi connectivity index (χ3v) is 21.5. The van der Waals surface area contributed by atoms with Crippen LogP contribution in [0.5, 0.6) is 17.2 Å². The van der Waals surface area contributed by atoms with Crippen molar-refractivity contribution in [2.75, 3.05) is 61.9 Å². The first-order valence-corrected chi connectivity index (χ1v) is 33.8. The zero-order chi connectivity index (χ0) is 70.8. The van der Waals surface area contributed by atoms with E-state index in [1.54, 1.807) is 66.7 Å². The molecule has 9 aromatic rings. The van der Waals surface area contributed by atoms with Crippen molar-refractivity contribution in [1.82, 2.24) is 29.7 Å². The van der Waals surface area contributed by atoms with E-state index in [2.05, 4.69) is 52.7 Å². The summed E-state index contributed by atoms with van der Waals surface area (Å²) in [6.07, 6.45) is 0.750. The van der Waals surface area contributed by atoms with E-state index < -0.39 is 75.6 Å². The molecule has 6 N–H and O–H groups in total. The van der Waals surface area contributed by atoms with Gasteiger partial charge in [0.1, 0.15) is 34.3 Å². The molecule has 506 valence electrons. The molecule has 0 radical (unpaired) electrons. The summed E-state index contributed by atoms with van der Waals surface area (Å²) in [4.78, 5) is 26.2. The van der Waals surface area contributed by atoms with Gasteiger partial charge in [0, 0.05) is 84.3 Å². The molecule has 21 heteroatoms. The van der Waals surface area contributed by atoms with Crippen LogP contribution in [0.2, 0.25) is 5.02 Å². The van der Waals surface area contributed by atoms with Gasteiger partial charge in [-0.25, -0.2) is 9.69 Å². The van der Waals surface area contributed by atoms with Crippen molar-refractivity contribution in [3.8, 4) is 29.4 Å². The molecule has 6 aliphatic rings. The number of ether oxygens (including phenoxy) is 3. The lowest BCUT2D eigenvalue weighted by Gasteiger charge is -2.40. The Morgan fingerprint density at radius 2 is 0.750 bits per heavy atom. The monoisotopic (exact) mass is 1420 g/mol. The van der Waals surface area contributed by atoms with Gasteiger partial charge in [-0.3, -0.25) is 15.0 Å². The van der Waals surface area contributed by atoms with Gasteiger partial charge < -0.3 is 59.5 Å². The molecule has 3 aliphatic heterocycles. The quantitative estimate of drug-likeness (QED) is 0.0622. The minimum absolute atomic E-state index is 0.221. The zero-order valence-electron chi connectivity index (χ0n) is 55.5. The van der Waals surface area contributed by atoms with Crippen molar-refractivity contribution >= 4 is 38.9 Å². The van der Waals surface area contributed by atoms with Crippen LogP contribution in [-0.4, -0.2) is 141 Å². The lowest BCUT2D eigenvalue weighted by atomic mass is 9.71. The smallest absolute Gasteiger partial charge is 0.208 e. The summed E-state index contributed by atoms with van der Waals surface area (Å²) in [5.74, 6) is -1.39. The molecule has 0 amide bonds. The molecule has 0 bridgehead atoms. The molecule has 3 fully saturated rings. The fourth-order valence-electron chi connectivity index (χ4n) is 17.1. The Kier molecular flexibility index (Phi) is 18.3. The molecule has 0 unspecified atom stereocenters. The molecular weight excluding hydrogens is 1350 g/mol. The van der Waals surface area contributed by atoms with Crippen LogP contribution in [0.3, 0.4) is 0 Å². The lowest BCUT2D eigenvalue weighted by molar-refractivity contribution is -0.153. The Morgan fingerprint density at radius 3 is 1.04 bits per heavy atom.